The highest BCUT2D eigenvalue weighted by Gasteiger charge is 2.21. The Morgan fingerprint density at radius 3 is 2.48 bits per heavy atom. The third kappa shape index (κ3) is 3.61. The first-order valence-corrected chi connectivity index (χ1v) is 8.46. The minimum absolute atomic E-state index is 0.129. The van der Waals surface area contributed by atoms with Gasteiger partial charge in [-0.1, -0.05) is 42.1 Å². The van der Waals surface area contributed by atoms with Gasteiger partial charge in [0, 0.05) is 18.2 Å². The van der Waals surface area contributed by atoms with Crippen molar-refractivity contribution in [2.45, 2.75) is 17.3 Å². The molecule has 25 heavy (non-hydrogen) atoms. The van der Waals surface area contributed by atoms with Gasteiger partial charge < -0.3 is 4.57 Å². The van der Waals surface area contributed by atoms with Crippen LogP contribution >= 0.6 is 11.8 Å². The third-order valence-electron chi connectivity index (χ3n) is 3.72. The fraction of sp³-hybridized carbons (Fsp3) is 0.167. The zero-order valence-corrected chi connectivity index (χ0v) is 14.4. The molecule has 0 aliphatic rings. The van der Waals surface area contributed by atoms with Gasteiger partial charge in [0.05, 0.1) is 5.25 Å². The molecule has 1 atom stereocenters. The van der Waals surface area contributed by atoms with Crippen LogP contribution in [0.2, 0.25) is 0 Å². The molecule has 0 fully saturated rings. The van der Waals surface area contributed by atoms with Gasteiger partial charge in [0.1, 0.15) is 0 Å². The first kappa shape index (κ1) is 17.3. The first-order chi connectivity index (χ1) is 12.0. The average molecular weight is 359 g/mol. The topological polar surface area (TPSA) is 47.8 Å². The minimum atomic E-state index is -1.03. The fourth-order valence-corrected chi connectivity index (χ4v) is 3.24. The monoisotopic (exact) mass is 359 g/mol. The molecule has 0 bridgehead atoms. The molecule has 0 saturated carbocycles. The zero-order chi connectivity index (χ0) is 18.0. The van der Waals surface area contributed by atoms with E-state index in [1.54, 1.807) is 11.5 Å². The number of rotatable bonds is 5. The molecule has 1 aromatic heterocycles. The number of carbonyl (C=O) groups is 1. The number of benzene rings is 2. The predicted molar refractivity (Wildman–Crippen MR) is 92.4 cm³/mol. The SMILES string of the molecule is CC(Sc1nnc(-c2ccccc2)n1C)C(=O)c1ccc(F)c(F)c1. The molecular formula is C18H15F2N3OS. The Morgan fingerprint density at radius 2 is 1.80 bits per heavy atom. The molecule has 3 rings (SSSR count). The van der Waals surface area contributed by atoms with E-state index in [2.05, 4.69) is 10.2 Å². The third-order valence-corrected chi connectivity index (χ3v) is 4.86. The standard InChI is InChI=1S/C18H15F2N3OS/c1-11(16(24)13-8-9-14(19)15(20)10-13)25-18-22-21-17(23(18)2)12-6-4-3-5-7-12/h3-11H,1-2H3. The molecule has 128 valence electrons. The fourth-order valence-electron chi connectivity index (χ4n) is 2.35. The van der Waals surface area contributed by atoms with E-state index in [1.807, 2.05) is 37.4 Å². The van der Waals surface area contributed by atoms with Crippen LogP contribution in [0.4, 0.5) is 8.78 Å². The summed E-state index contributed by atoms with van der Waals surface area (Å²) in [6.45, 7) is 1.70. The molecule has 0 aliphatic heterocycles. The lowest BCUT2D eigenvalue weighted by atomic mass is 10.1. The van der Waals surface area contributed by atoms with E-state index < -0.39 is 16.9 Å². The number of hydrogen-bond donors (Lipinski definition) is 0. The second-order valence-corrected chi connectivity index (χ2v) is 6.79. The number of Topliss-reactive ketones (excluding diaryl/α,β-unsaturated/α-hetero) is 1. The van der Waals surface area contributed by atoms with Gasteiger partial charge in [0.15, 0.2) is 28.4 Å². The van der Waals surface area contributed by atoms with Gasteiger partial charge in [-0.15, -0.1) is 10.2 Å². The predicted octanol–water partition coefficient (Wildman–Crippen LogP) is 4.12. The summed E-state index contributed by atoms with van der Waals surface area (Å²) in [6.07, 6.45) is 0. The van der Waals surface area contributed by atoms with Crippen LogP contribution in [0.15, 0.2) is 53.7 Å². The van der Waals surface area contributed by atoms with Gasteiger partial charge in [-0.2, -0.15) is 0 Å². The molecule has 2 aromatic carbocycles. The second-order valence-electron chi connectivity index (χ2n) is 5.48. The summed E-state index contributed by atoms with van der Waals surface area (Å²) in [5.74, 6) is -1.62. The van der Waals surface area contributed by atoms with Gasteiger partial charge >= 0.3 is 0 Å². The smallest absolute Gasteiger partial charge is 0.191 e. The highest BCUT2D eigenvalue weighted by atomic mass is 32.2. The van der Waals surface area contributed by atoms with Crippen molar-refractivity contribution in [2.24, 2.45) is 7.05 Å². The van der Waals surface area contributed by atoms with Crippen LogP contribution in [-0.4, -0.2) is 25.8 Å². The quantitative estimate of drug-likeness (QED) is 0.508. The van der Waals surface area contributed by atoms with E-state index in [1.165, 1.54) is 17.8 Å². The number of halogens is 2. The molecule has 0 amide bonds. The van der Waals surface area contributed by atoms with Crippen LogP contribution in [0.3, 0.4) is 0 Å². The van der Waals surface area contributed by atoms with E-state index in [-0.39, 0.29) is 11.3 Å². The van der Waals surface area contributed by atoms with Gasteiger partial charge in [-0.3, -0.25) is 4.79 Å². The van der Waals surface area contributed by atoms with E-state index >= 15 is 0 Å². The summed E-state index contributed by atoms with van der Waals surface area (Å²) in [7, 11) is 1.82. The molecule has 0 N–H and O–H groups in total. The highest BCUT2D eigenvalue weighted by Crippen LogP contribution is 2.27. The highest BCUT2D eigenvalue weighted by molar-refractivity contribution is 8.00. The van der Waals surface area contributed by atoms with Crippen LogP contribution in [-0.2, 0) is 7.05 Å². The number of ketones is 1. The molecule has 0 saturated heterocycles. The van der Waals surface area contributed by atoms with E-state index in [9.17, 15) is 13.6 Å². The Labute approximate surface area is 147 Å². The summed E-state index contributed by atoms with van der Waals surface area (Å²) in [5.41, 5.74) is 1.05. The van der Waals surface area contributed by atoms with Gasteiger partial charge in [0.25, 0.3) is 0 Å². The maximum absolute atomic E-state index is 13.3. The summed E-state index contributed by atoms with van der Waals surface area (Å²) in [5, 5.41) is 8.35. The van der Waals surface area contributed by atoms with Crippen molar-refractivity contribution in [3.8, 4) is 11.4 Å². The molecular weight excluding hydrogens is 344 g/mol. The maximum Gasteiger partial charge on any atom is 0.191 e. The average Bonchev–Trinajstić information content (AvgIpc) is 2.98. The molecule has 0 spiro atoms. The van der Waals surface area contributed by atoms with Crippen molar-refractivity contribution in [3.63, 3.8) is 0 Å². The molecule has 1 heterocycles. The largest absolute Gasteiger partial charge is 0.305 e. The zero-order valence-electron chi connectivity index (χ0n) is 13.6. The van der Waals surface area contributed by atoms with E-state index in [0.717, 1.165) is 17.7 Å². The molecule has 4 nitrogen and oxygen atoms in total. The first-order valence-electron chi connectivity index (χ1n) is 7.58. The Morgan fingerprint density at radius 1 is 1.08 bits per heavy atom. The Bertz CT molecular complexity index is 912. The van der Waals surface area contributed by atoms with Crippen molar-refractivity contribution in [3.05, 3.63) is 65.7 Å². The number of carbonyl (C=O) groups excluding carboxylic acids is 1. The van der Waals surface area contributed by atoms with Crippen molar-refractivity contribution < 1.29 is 13.6 Å². The summed E-state index contributed by atoms with van der Waals surface area (Å²) in [6, 6.07) is 12.7. The van der Waals surface area contributed by atoms with Gasteiger partial charge in [-0.05, 0) is 25.1 Å². The van der Waals surface area contributed by atoms with Crippen LogP contribution in [0.25, 0.3) is 11.4 Å². The molecule has 7 heteroatoms. The van der Waals surface area contributed by atoms with Crippen LogP contribution in [0.5, 0.6) is 0 Å². The minimum Gasteiger partial charge on any atom is -0.305 e. The number of thioether (sulfide) groups is 1. The second kappa shape index (κ2) is 7.14. The van der Waals surface area contributed by atoms with E-state index in [4.69, 9.17) is 0 Å². The van der Waals surface area contributed by atoms with Crippen molar-refractivity contribution in [2.75, 3.05) is 0 Å². The summed E-state index contributed by atoms with van der Waals surface area (Å²) >= 11 is 1.22. The number of aromatic nitrogens is 3. The molecule has 1 unspecified atom stereocenters. The number of hydrogen-bond acceptors (Lipinski definition) is 4. The van der Waals surface area contributed by atoms with Crippen molar-refractivity contribution >= 4 is 17.5 Å². The van der Waals surface area contributed by atoms with Crippen molar-refractivity contribution in [1.82, 2.24) is 14.8 Å². The Kier molecular flexibility index (Phi) is 4.94. The lowest BCUT2D eigenvalue weighted by Crippen LogP contribution is -2.15. The van der Waals surface area contributed by atoms with E-state index in [0.29, 0.717) is 11.0 Å². The molecule has 0 radical (unpaired) electrons. The summed E-state index contributed by atoms with van der Waals surface area (Å²) in [4.78, 5) is 12.4. The van der Waals surface area contributed by atoms with Crippen LogP contribution in [0.1, 0.15) is 17.3 Å². The van der Waals surface area contributed by atoms with Crippen LogP contribution < -0.4 is 0 Å². The lowest BCUT2D eigenvalue weighted by Gasteiger charge is -2.10. The number of nitrogens with zero attached hydrogens (tertiary/aromatic N) is 3. The van der Waals surface area contributed by atoms with Gasteiger partial charge in [0.2, 0.25) is 0 Å². The Hall–Kier alpha value is -2.54. The molecule has 3 aromatic rings. The van der Waals surface area contributed by atoms with Gasteiger partial charge in [-0.25, -0.2) is 8.78 Å². The maximum atomic E-state index is 13.3. The van der Waals surface area contributed by atoms with Crippen LogP contribution in [0, 0.1) is 11.6 Å². The normalized spacial score (nSPS) is 12.2. The Balaban J connectivity index is 1.79. The molecule has 0 aliphatic carbocycles. The summed E-state index contributed by atoms with van der Waals surface area (Å²) < 4.78 is 28.1. The van der Waals surface area contributed by atoms with Crippen molar-refractivity contribution in [1.29, 1.82) is 0 Å². The lowest BCUT2D eigenvalue weighted by molar-refractivity contribution is 0.0993.